The van der Waals surface area contributed by atoms with Crippen molar-refractivity contribution in [3.63, 3.8) is 0 Å². The molecule has 2 nitrogen and oxygen atoms in total. The summed E-state index contributed by atoms with van der Waals surface area (Å²) in [6, 6.07) is 3.54. The van der Waals surface area contributed by atoms with E-state index in [1.54, 1.807) is 12.1 Å². The van der Waals surface area contributed by atoms with Gasteiger partial charge in [0.2, 0.25) is 0 Å². The van der Waals surface area contributed by atoms with Gasteiger partial charge in [-0.25, -0.2) is 0 Å². The average Bonchev–Trinajstić information content (AvgIpc) is 2.70. The van der Waals surface area contributed by atoms with Crippen molar-refractivity contribution in [2.75, 3.05) is 13.2 Å². The number of aryl methyl sites for hydroxylation is 2. The smallest absolute Gasteiger partial charge is 0.389 e. The number of hydrogen-bond acceptors (Lipinski definition) is 2. The summed E-state index contributed by atoms with van der Waals surface area (Å²) in [7, 11) is 0. The molecule has 3 rings (SSSR count). The van der Waals surface area contributed by atoms with Crippen molar-refractivity contribution in [1.29, 1.82) is 0 Å². The summed E-state index contributed by atoms with van der Waals surface area (Å²) in [5.41, 5.74) is 1.66. The molecule has 8 heteroatoms. The molecule has 0 fully saturated rings. The zero-order valence-corrected chi connectivity index (χ0v) is 15.0. The van der Waals surface area contributed by atoms with Gasteiger partial charge in [0.15, 0.2) is 0 Å². The minimum atomic E-state index is -4.20. The molecule has 0 heterocycles. The highest BCUT2D eigenvalue weighted by Crippen LogP contribution is 2.34. The van der Waals surface area contributed by atoms with E-state index in [9.17, 15) is 26.3 Å². The van der Waals surface area contributed by atoms with Crippen molar-refractivity contribution in [1.82, 2.24) is 0 Å². The maximum atomic E-state index is 12.2. The first-order chi connectivity index (χ1) is 12.6. The van der Waals surface area contributed by atoms with Gasteiger partial charge in [0.05, 0.1) is 13.2 Å². The largest absolute Gasteiger partial charge is 0.493 e. The lowest BCUT2D eigenvalue weighted by atomic mass is 10.0. The number of fused-ring (bicyclic) bond motifs is 6. The third-order valence-electron chi connectivity index (χ3n) is 4.36. The quantitative estimate of drug-likeness (QED) is 0.373. The summed E-state index contributed by atoms with van der Waals surface area (Å²) in [5.74, 6) is 1.11. The molecule has 0 saturated carbocycles. The molecule has 0 unspecified atom stereocenters. The minimum absolute atomic E-state index is 0.0300. The molecule has 0 saturated heterocycles. The van der Waals surface area contributed by atoms with Crippen LogP contribution in [0.25, 0.3) is 0 Å². The summed E-state index contributed by atoms with van der Waals surface area (Å²) in [4.78, 5) is 0. The Kier molecular flexibility index (Phi) is 7.68. The second kappa shape index (κ2) is 9.55. The Balaban J connectivity index is 2.00. The average molecular weight is 398 g/mol. The van der Waals surface area contributed by atoms with Crippen molar-refractivity contribution in [3.8, 4) is 11.5 Å². The number of rotatable bonds is 8. The molecule has 2 aliphatic carbocycles. The Hall–Kier alpha value is -1.60. The first-order valence-electron chi connectivity index (χ1n) is 9.19. The fourth-order valence-corrected chi connectivity index (χ4v) is 3.02. The van der Waals surface area contributed by atoms with E-state index in [1.807, 2.05) is 0 Å². The maximum Gasteiger partial charge on any atom is 0.389 e. The molecule has 0 spiro atoms. The van der Waals surface area contributed by atoms with Crippen molar-refractivity contribution in [2.45, 2.75) is 70.1 Å². The Morgan fingerprint density at radius 1 is 0.667 bits per heavy atom. The molecule has 0 N–H and O–H groups in total. The van der Waals surface area contributed by atoms with Crippen molar-refractivity contribution < 1.29 is 35.8 Å². The van der Waals surface area contributed by atoms with E-state index in [-0.39, 0.29) is 26.1 Å². The minimum Gasteiger partial charge on any atom is -0.493 e. The van der Waals surface area contributed by atoms with E-state index in [2.05, 4.69) is 0 Å². The van der Waals surface area contributed by atoms with Crippen LogP contribution in [0.5, 0.6) is 11.5 Å². The van der Waals surface area contributed by atoms with Crippen molar-refractivity contribution in [3.05, 3.63) is 23.3 Å². The number of ether oxygens (including phenoxy) is 2. The molecule has 2 aliphatic rings. The summed E-state index contributed by atoms with van der Waals surface area (Å²) < 4.78 is 84.6. The van der Waals surface area contributed by atoms with Gasteiger partial charge < -0.3 is 9.47 Å². The number of halogens is 6. The lowest BCUT2D eigenvalue weighted by Crippen LogP contribution is -2.11. The van der Waals surface area contributed by atoms with Crippen LogP contribution in [0.3, 0.4) is 0 Å². The van der Waals surface area contributed by atoms with E-state index >= 15 is 0 Å². The standard InChI is InChI=1S/C19H24F6O2/c20-18(21,22)8-4-10-26-16-13-15-7-3-1-2-6-14(16)12-17(15)27-11-5-9-19(23,24)25/h12-13H,1-11H2. The fourth-order valence-electron chi connectivity index (χ4n) is 3.02. The fraction of sp³-hybridized carbons (Fsp3) is 0.684. The molecule has 1 aromatic carbocycles. The van der Waals surface area contributed by atoms with Gasteiger partial charge in [-0.05, 0) is 61.8 Å². The molecular formula is C19H24F6O2. The van der Waals surface area contributed by atoms with Crippen LogP contribution in [0.15, 0.2) is 12.1 Å². The molecule has 2 bridgehead atoms. The van der Waals surface area contributed by atoms with E-state index in [4.69, 9.17) is 9.47 Å². The maximum absolute atomic E-state index is 12.2. The van der Waals surface area contributed by atoms with Gasteiger partial charge >= 0.3 is 12.4 Å². The Morgan fingerprint density at radius 2 is 1.07 bits per heavy atom. The Morgan fingerprint density at radius 3 is 1.44 bits per heavy atom. The molecular weight excluding hydrogens is 374 g/mol. The molecule has 0 atom stereocenters. The van der Waals surface area contributed by atoms with Gasteiger partial charge in [-0.3, -0.25) is 0 Å². The van der Waals surface area contributed by atoms with Crippen LogP contribution in [0.2, 0.25) is 0 Å². The van der Waals surface area contributed by atoms with Crippen LogP contribution in [0.4, 0.5) is 26.3 Å². The predicted molar refractivity (Wildman–Crippen MR) is 89.3 cm³/mol. The topological polar surface area (TPSA) is 18.5 Å². The second-order valence-corrected chi connectivity index (χ2v) is 6.76. The van der Waals surface area contributed by atoms with Crippen molar-refractivity contribution >= 4 is 0 Å². The number of benzene rings is 1. The number of hydrogen-bond donors (Lipinski definition) is 0. The first kappa shape index (κ1) is 21.7. The van der Waals surface area contributed by atoms with Crippen molar-refractivity contribution in [2.24, 2.45) is 0 Å². The first-order valence-corrected chi connectivity index (χ1v) is 9.19. The van der Waals surface area contributed by atoms with E-state index in [0.717, 1.165) is 30.4 Å². The van der Waals surface area contributed by atoms with Gasteiger partial charge in [-0.15, -0.1) is 0 Å². The van der Waals surface area contributed by atoms with Crippen LogP contribution in [0.1, 0.15) is 56.1 Å². The molecule has 0 amide bonds. The zero-order valence-electron chi connectivity index (χ0n) is 15.0. The second-order valence-electron chi connectivity index (χ2n) is 6.76. The van der Waals surface area contributed by atoms with Gasteiger partial charge in [0, 0.05) is 12.8 Å². The van der Waals surface area contributed by atoms with Crippen LogP contribution in [-0.2, 0) is 12.8 Å². The molecule has 0 aliphatic heterocycles. The Bertz CT molecular complexity index is 543. The molecule has 27 heavy (non-hydrogen) atoms. The van der Waals surface area contributed by atoms with Crippen LogP contribution in [0, 0.1) is 0 Å². The van der Waals surface area contributed by atoms with E-state index in [0.29, 0.717) is 24.3 Å². The summed E-state index contributed by atoms with van der Waals surface area (Å²) in [5, 5.41) is 0. The van der Waals surface area contributed by atoms with Crippen LogP contribution < -0.4 is 9.47 Å². The van der Waals surface area contributed by atoms with Gasteiger partial charge in [-0.2, -0.15) is 26.3 Å². The summed E-state index contributed by atoms with van der Waals surface area (Å²) in [6.45, 7) is -0.0600. The van der Waals surface area contributed by atoms with Gasteiger partial charge in [-0.1, -0.05) is 6.42 Å². The predicted octanol–water partition coefficient (Wildman–Crippen LogP) is 6.40. The Labute approximate surface area is 154 Å². The van der Waals surface area contributed by atoms with Gasteiger partial charge in [0.1, 0.15) is 11.5 Å². The zero-order chi connectivity index (χ0) is 19.9. The van der Waals surface area contributed by atoms with E-state index < -0.39 is 25.2 Å². The normalized spacial score (nSPS) is 15.2. The molecule has 154 valence electrons. The highest BCUT2D eigenvalue weighted by Gasteiger charge is 2.27. The highest BCUT2D eigenvalue weighted by molar-refractivity contribution is 5.47. The third-order valence-corrected chi connectivity index (χ3v) is 4.36. The molecule has 0 aromatic heterocycles. The van der Waals surface area contributed by atoms with E-state index in [1.165, 1.54) is 0 Å². The van der Waals surface area contributed by atoms with Crippen LogP contribution in [-0.4, -0.2) is 25.6 Å². The van der Waals surface area contributed by atoms with Gasteiger partial charge in [0.25, 0.3) is 0 Å². The third kappa shape index (κ3) is 8.30. The SMILES string of the molecule is FC(F)(F)CCCOc1cc2c(OCCCC(F)(F)F)cc1CCCCC2. The number of alkyl halides is 6. The highest BCUT2D eigenvalue weighted by atomic mass is 19.4. The lowest BCUT2D eigenvalue weighted by molar-refractivity contribution is -0.137. The summed E-state index contributed by atoms with van der Waals surface area (Å²) in [6.07, 6.45) is -6.18. The monoisotopic (exact) mass is 398 g/mol. The lowest BCUT2D eigenvalue weighted by Gasteiger charge is -2.17. The summed E-state index contributed by atoms with van der Waals surface area (Å²) >= 11 is 0. The molecule has 1 aromatic rings. The van der Waals surface area contributed by atoms with Crippen LogP contribution >= 0.6 is 0 Å². The molecule has 0 radical (unpaired) electrons.